The van der Waals surface area contributed by atoms with Gasteiger partial charge in [-0.1, -0.05) is 65.9 Å². The van der Waals surface area contributed by atoms with Crippen molar-refractivity contribution < 1.29 is 19.6 Å². The summed E-state index contributed by atoms with van der Waals surface area (Å²) in [6, 6.07) is 20.3. The fraction of sp³-hybridized carbons (Fsp3) is 0.0417. The van der Waals surface area contributed by atoms with E-state index in [1.54, 1.807) is 42.5 Å². The second kappa shape index (κ2) is 7.95. The lowest BCUT2D eigenvalue weighted by atomic mass is 9.95. The van der Waals surface area contributed by atoms with E-state index < -0.39 is 22.7 Å². The van der Waals surface area contributed by atoms with Gasteiger partial charge in [0.05, 0.1) is 26.8 Å². The van der Waals surface area contributed by atoms with E-state index in [-0.39, 0.29) is 22.2 Å². The second-order valence-corrected chi connectivity index (χ2v) is 8.36. The number of ketones is 1. The van der Waals surface area contributed by atoms with Crippen LogP contribution in [0.1, 0.15) is 17.2 Å². The van der Waals surface area contributed by atoms with Gasteiger partial charge in [0, 0.05) is 17.7 Å². The number of carbonyl (C=O) groups is 2. The van der Waals surface area contributed by atoms with E-state index in [9.17, 15) is 24.8 Å². The largest absolute Gasteiger partial charge is 0.507 e. The standard InChI is InChI=1S/C24H15N3O5S/c28-21(14-7-2-1-3-8-14)19-20(15-9-6-10-16(13-15)27(31)32)26(23(30)22(19)29)24-25-17-11-4-5-12-18(17)33-24/h1-13,20,28H/t20-/m0/s1. The Morgan fingerprint density at radius 3 is 2.45 bits per heavy atom. The molecule has 4 aromatic rings. The highest BCUT2D eigenvalue weighted by Gasteiger charge is 2.48. The minimum absolute atomic E-state index is 0.147. The predicted octanol–water partition coefficient (Wildman–Crippen LogP) is 4.83. The number of para-hydroxylation sites is 1. The van der Waals surface area contributed by atoms with Crippen molar-refractivity contribution >= 4 is 49.8 Å². The fourth-order valence-electron chi connectivity index (χ4n) is 3.87. The van der Waals surface area contributed by atoms with Crippen LogP contribution in [-0.2, 0) is 9.59 Å². The van der Waals surface area contributed by atoms with Gasteiger partial charge in [-0.25, -0.2) is 4.98 Å². The number of amides is 1. The molecule has 1 fully saturated rings. The van der Waals surface area contributed by atoms with Crippen LogP contribution in [0.4, 0.5) is 10.8 Å². The molecule has 0 saturated carbocycles. The maximum atomic E-state index is 13.2. The quantitative estimate of drug-likeness (QED) is 0.154. The molecule has 1 aliphatic rings. The summed E-state index contributed by atoms with van der Waals surface area (Å²) in [6.07, 6.45) is 0. The summed E-state index contributed by atoms with van der Waals surface area (Å²) in [5.41, 5.74) is 0.990. The smallest absolute Gasteiger partial charge is 0.301 e. The van der Waals surface area contributed by atoms with Gasteiger partial charge in [0.2, 0.25) is 0 Å². The molecule has 9 heteroatoms. The Morgan fingerprint density at radius 2 is 1.73 bits per heavy atom. The molecule has 5 rings (SSSR count). The van der Waals surface area contributed by atoms with Gasteiger partial charge in [0.25, 0.3) is 11.5 Å². The fourth-order valence-corrected chi connectivity index (χ4v) is 4.86. The molecule has 1 aliphatic heterocycles. The molecule has 0 spiro atoms. The first-order chi connectivity index (χ1) is 16.0. The number of nitro groups is 1. The van der Waals surface area contributed by atoms with E-state index in [0.29, 0.717) is 16.6 Å². The molecule has 1 amide bonds. The number of hydrogen-bond acceptors (Lipinski definition) is 7. The first-order valence-corrected chi connectivity index (χ1v) is 10.7. The maximum absolute atomic E-state index is 13.2. The zero-order valence-corrected chi connectivity index (χ0v) is 17.7. The zero-order chi connectivity index (χ0) is 23.1. The number of benzene rings is 3. The molecule has 162 valence electrons. The minimum atomic E-state index is -1.08. The molecule has 0 bridgehead atoms. The molecule has 0 aliphatic carbocycles. The number of carbonyl (C=O) groups excluding carboxylic acids is 2. The number of aliphatic hydroxyl groups is 1. The van der Waals surface area contributed by atoms with Crippen LogP contribution in [0.5, 0.6) is 0 Å². The van der Waals surface area contributed by atoms with Crippen LogP contribution in [-0.4, -0.2) is 26.7 Å². The van der Waals surface area contributed by atoms with Gasteiger partial charge >= 0.3 is 5.91 Å². The van der Waals surface area contributed by atoms with Gasteiger partial charge in [-0.05, 0) is 17.7 Å². The predicted molar refractivity (Wildman–Crippen MR) is 124 cm³/mol. The lowest BCUT2D eigenvalue weighted by Crippen LogP contribution is -2.29. The third-order valence-corrected chi connectivity index (χ3v) is 6.41. The normalized spacial score (nSPS) is 17.6. The Kier molecular flexibility index (Phi) is 4.95. The number of rotatable bonds is 4. The Balaban J connectivity index is 1.76. The molecule has 3 aromatic carbocycles. The number of thiazole rings is 1. The number of hydrogen-bond donors (Lipinski definition) is 1. The summed E-state index contributed by atoms with van der Waals surface area (Å²) in [7, 11) is 0. The Hall–Kier alpha value is -4.37. The van der Waals surface area contributed by atoms with E-state index in [1.807, 2.05) is 18.2 Å². The summed E-state index contributed by atoms with van der Waals surface area (Å²) >= 11 is 1.22. The lowest BCUT2D eigenvalue weighted by molar-refractivity contribution is -0.384. The van der Waals surface area contributed by atoms with Crippen molar-refractivity contribution in [1.29, 1.82) is 0 Å². The van der Waals surface area contributed by atoms with E-state index in [4.69, 9.17) is 0 Å². The van der Waals surface area contributed by atoms with Gasteiger partial charge in [-0.2, -0.15) is 0 Å². The van der Waals surface area contributed by atoms with Crippen molar-refractivity contribution in [2.45, 2.75) is 6.04 Å². The Morgan fingerprint density at radius 1 is 1.00 bits per heavy atom. The first-order valence-electron chi connectivity index (χ1n) is 9.92. The Bertz CT molecular complexity index is 1430. The van der Waals surface area contributed by atoms with E-state index in [1.165, 1.54) is 34.4 Å². The third kappa shape index (κ3) is 3.44. The van der Waals surface area contributed by atoms with Gasteiger partial charge in [0.15, 0.2) is 5.13 Å². The molecule has 2 heterocycles. The van der Waals surface area contributed by atoms with Crippen LogP contribution in [0.2, 0.25) is 0 Å². The Labute approximate surface area is 191 Å². The van der Waals surface area contributed by atoms with E-state index in [2.05, 4.69) is 4.98 Å². The molecule has 1 aromatic heterocycles. The molecule has 0 radical (unpaired) electrons. The second-order valence-electron chi connectivity index (χ2n) is 7.35. The molecule has 33 heavy (non-hydrogen) atoms. The highest BCUT2D eigenvalue weighted by molar-refractivity contribution is 7.22. The average Bonchev–Trinajstić information content (AvgIpc) is 3.38. The number of non-ortho nitro benzene ring substituents is 1. The highest BCUT2D eigenvalue weighted by Crippen LogP contribution is 2.44. The summed E-state index contributed by atoms with van der Waals surface area (Å²) in [5, 5.41) is 22.7. The summed E-state index contributed by atoms with van der Waals surface area (Å²) in [5.74, 6) is -2.09. The number of fused-ring (bicyclic) bond motifs is 1. The summed E-state index contributed by atoms with van der Waals surface area (Å²) in [6.45, 7) is 0. The minimum Gasteiger partial charge on any atom is -0.507 e. The van der Waals surface area contributed by atoms with Crippen molar-refractivity contribution in [2.75, 3.05) is 4.90 Å². The van der Waals surface area contributed by atoms with E-state index in [0.717, 1.165) is 4.70 Å². The number of anilines is 1. The zero-order valence-electron chi connectivity index (χ0n) is 16.9. The molecule has 1 N–H and O–H groups in total. The van der Waals surface area contributed by atoms with Gasteiger partial charge in [0.1, 0.15) is 5.76 Å². The highest BCUT2D eigenvalue weighted by atomic mass is 32.1. The maximum Gasteiger partial charge on any atom is 0.301 e. The number of nitro benzene ring substituents is 1. The number of Topliss-reactive ketones (excluding diaryl/α,β-unsaturated/α-hetero) is 1. The van der Waals surface area contributed by atoms with Crippen molar-refractivity contribution in [3.05, 3.63) is 106 Å². The summed E-state index contributed by atoms with van der Waals surface area (Å²) in [4.78, 5) is 42.9. The lowest BCUT2D eigenvalue weighted by Gasteiger charge is -2.22. The van der Waals surface area contributed by atoms with Gasteiger partial charge < -0.3 is 5.11 Å². The number of aromatic nitrogens is 1. The molecule has 1 saturated heterocycles. The van der Waals surface area contributed by atoms with E-state index >= 15 is 0 Å². The van der Waals surface area contributed by atoms with Crippen LogP contribution >= 0.6 is 11.3 Å². The van der Waals surface area contributed by atoms with Crippen molar-refractivity contribution in [1.82, 2.24) is 4.98 Å². The molecular formula is C24H15N3O5S. The number of aliphatic hydroxyl groups excluding tert-OH is 1. The number of nitrogens with zero attached hydrogens (tertiary/aromatic N) is 3. The topological polar surface area (TPSA) is 114 Å². The monoisotopic (exact) mass is 457 g/mol. The van der Waals surface area contributed by atoms with Gasteiger partial charge in [-0.15, -0.1) is 0 Å². The first kappa shape index (κ1) is 20.5. The molecule has 1 atom stereocenters. The van der Waals surface area contributed by atoms with Crippen LogP contribution in [0, 0.1) is 10.1 Å². The average molecular weight is 457 g/mol. The van der Waals surface area contributed by atoms with Crippen molar-refractivity contribution in [3.63, 3.8) is 0 Å². The molecule has 8 nitrogen and oxygen atoms in total. The molecular weight excluding hydrogens is 442 g/mol. The summed E-state index contributed by atoms with van der Waals surface area (Å²) < 4.78 is 0.815. The third-order valence-electron chi connectivity index (χ3n) is 5.38. The van der Waals surface area contributed by atoms with Crippen molar-refractivity contribution in [2.24, 2.45) is 0 Å². The van der Waals surface area contributed by atoms with Crippen LogP contribution in [0.25, 0.3) is 16.0 Å². The molecule has 0 unspecified atom stereocenters. The van der Waals surface area contributed by atoms with Crippen LogP contribution < -0.4 is 4.90 Å². The SMILES string of the molecule is O=C1C(=O)N(c2nc3ccccc3s2)[C@@H](c2cccc([N+](=O)[O-])c2)C1=C(O)c1ccccc1. The van der Waals surface area contributed by atoms with Gasteiger partial charge in [-0.3, -0.25) is 24.6 Å². The van der Waals surface area contributed by atoms with Crippen LogP contribution in [0.3, 0.4) is 0 Å². The van der Waals surface area contributed by atoms with Crippen molar-refractivity contribution in [3.8, 4) is 0 Å². The van der Waals surface area contributed by atoms with Crippen LogP contribution in [0.15, 0.2) is 84.4 Å².